The molecular formula is C59H115N2O6P. The van der Waals surface area contributed by atoms with Crippen molar-refractivity contribution in [1.82, 2.24) is 5.32 Å². The average Bonchev–Trinajstić information content (AvgIpc) is 3.30. The fourth-order valence-electron chi connectivity index (χ4n) is 8.70. The number of allylic oxidation sites excluding steroid dienone is 5. The van der Waals surface area contributed by atoms with E-state index < -0.39 is 26.6 Å². The largest absolute Gasteiger partial charge is 0.756 e. The van der Waals surface area contributed by atoms with Gasteiger partial charge in [0.1, 0.15) is 13.2 Å². The highest BCUT2D eigenvalue weighted by atomic mass is 31.2. The van der Waals surface area contributed by atoms with Crippen LogP contribution in [0.15, 0.2) is 36.5 Å². The molecule has 0 bridgehead atoms. The fraction of sp³-hybridized carbons (Fsp3) is 0.881. The summed E-state index contributed by atoms with van der Waals surface area (Å²) >= 11 is 0. The van der Waals surface area contributed by atoms with Crippen molar-refractivity contribution in [2.45, 2.75) is 296 Å². The molecule has 0 spiro atoms. The van der Waals surface area contributed by atoms with Crippen molar-refractivity contribution >= 4 is 13.7 Å². The van der Waals surface area contributed by atoms with E-state index in [2.05, 4.69) is 43.5 Å². The van der Waals surface area contributed by atoms with E-state index in [4.69, 9.17) is 9.05 Å². The van der Waals surface area contributed by atoms with Gasteiger partial charge in [-0.2, -0.15) is 0 Å². The lowest BCUT2D eigenvalue weighted by molar-refractivity contribution is -0.870. The van der Waals surface area contributed by atoms with Gasteiger partial charge in [0.25, 0.3) is 7.82 Å². The number of likely N-dealkylation sites (N-methyl/N-ethyl adjacent to an activating group) is 1. The highest BCUT2D eigenvalue weighted by molar-refractivity contribution is 7.45. The minimum Gasteiger partial charge on any atom is -0.756 e. The van der Waals surface area contributed by atoms with Crippen LogP contribution in [0.2, 0.25) is 0 Å². The van der Waals surface area contributed by atoms with Gasteiger partial charge in [0.05, 0.1) is 39.9 Å². The Labute approximate surface area is 423 Å². The Morgan fingerprint density at radius 1 is 0.500 bits per heavy atom. The topological polar surface area (TPSA) is 108 Å². The lowest BCUT2D eigenvalue weighted by Crippen LogP contribution is -2.45. The van der Waals surface area contributed by atoms with Gasteiger partial charge in [0.2, 0.25) is 5.91 Å². The van der Waals surface area contributed by atoms with Crippen LogP contribution in [0.3, 0.4) is 0 Å². The summed E-state index contributed by atoms with van der Waals surface area (Å²) < 4.78 is 23.3. The van der Waals surface area contributed by atoms with Crippen LogP contribution < -0.4 is 10.2 Å². The van der Waals surface area contributed by atoms with Crippen molar-refractivity contribution < 1.29 is 32.9 Å². The Balaban J connectivity index is 4.23. The number of phosphoric ester groups is 1. The quantitative estimate of drug-likeness (QED) is 0.0272. The van der Waals surface area contributed by atoms with E-state index in [0.29, 0.717) is 17.4 Å². The molecule has 1 amide bonds. The maximum atomic E-state index is 13.0. The summed E-state index contributed by atoms with van der Waals surface area (Å²) in [6.45, 7) is 4.66. The Morgan fingerprint density at radius 2 is 0.824 bits per heavy atom. The lowest BCUT2D eigenvalue weighted by atomic mass is 10.0. The molecule has 0 heterocycles. The van der Waals surface area contributed by atoms with Gasteiger partial charge in [-0.15, -0.1) is 0 Å². The molecule has 0 aromatic carbocycles. The van der Waals surface area contributed by atoms with Gasteiger partial charge in [-0.05, 0) is 57.8 Å². The molecular weight excluding hydrogens is 864 g/mol. The van der Waals surface area contributed by atoms with Crippen molar-refractivity contribution in [2.75, 3.05) is 40.9 Å². The van der Waals surface area contributed by atoms with E-state index in [1.54, 1.807) is 6.08 Å². The molecule has 8 nitrogen and oxygen atoms in total. The van der Waals surface area contributed by atoms with Crippen LogP contribution in [0.4, 0.5) is 0 Å². The molecule has 3 unspecified atom stereocenters. The number of rotatable bonds is 54. The van der Waals surface area contributed by atoms with Crippen molar-refractivity contribution in [3.63, 3.8) is 0 Å². The summed E-state index contributed by atoms with van der Waals surface area (Å²) in [5.41, 5.74) is 0. The Kier molecular flexibility index (Phi) is 49.7. The predicted octanol–water partition coefficient (Wildman–Crippen LogP) is 17.1. The molecule has 0 saturated carbocycles. The summed E-state index contributed by atoms with van der Waals surface area (Å²) in [5, 5.41) is 13.9. The fourth-order valence-corrected chi connectivity index (χ4v) is 9.42. The second-order valence-electron chi connectivity index (χ2n) is 21.3. The number of quaternary nitrogens is 1. The van der Waals surface area contributed by atoms with Crippen LogP contribution >= 0.6 is 7.82 Å². The number of hydrogen-bond donors (Lipinski definition) is 2. The zero-order valence-electron chi connectivity index (χ0n) is 45.8. The molecule has 402 valence electrons. The monoisotopic (exact) mass is 979 g/mol. The van der Waals surface area contributed by atoms with Gasteiger partial charge in [0.15, 0.2) is 0 Å². The number of aliphatic hydroxyl groups is 1. The Bertz CT molecular complexity index is 1200. The zero-order valence-corrected chi connectivity index (χ0v) is 46.7. The number of unbranched alkanes of at least 4 members (excludes halogenated alkanes) is 37. The first-order valence-corrected chi connectivity index (χ1v) is 30.8. The van der Waals surface area contributed by atoms with E-state index in [-0.39, 0.29) is 12.5 Å². The SMILES string of the molecule is CCCCCCCCCCCCCC/C=C\CCCCCCCCCCCC(=O)NC(COP(=O)([O-])OCC[N+](C)(C)C)C(O)/C=C/CC/C=C/CCCCCCCCCCCCCCCCC. The number of aliphatic hydroxyl groups excluding tert-OH is 1. The maximum Gasteiger partial charge on any atom is 0.268 e. The first kappa shape index (κ1) is 66.7. The van der Waals surface area contributed by atoms with Gasteiger partial charge in [0, 0.05) is 6.42 Å². The molecule has 68 heavy (non-hydrogen) atoms. The second kappa shape index (κ2) is 50.7. The number of nitrogens with zero attached hydrogens (tertiary/aromatic N) is 1. The first-order valence-electron chi connectivity index (χ1n) is 29.4. The highest BCUT2D eigenvalue weighted by Crippen LogP contribution is 2.38. The highest BCUT2D eigenvalue weighted by Gasteiger charge is 2.23. The van der Waals surface area contributed by atoms with Crippen molar-refractivity contribution in [3.8, 4) is 0 Å². The number of hydrogen-bond acceptors (Lipinski definition) is 6. The summed E-state index contributed by atoms with van der Waals surface area (Å²) in [6, 6.07) is -0.904. The molecule has 9 heteroatoms. The summed E-state index contributed by atoms with van der Waals surface area (Å²) in [5.74, 6) is -0.206. The normalized spacial score (nSPS) is 14.2. The van der Waals surface area contributed by atoms with Gasteiger partial charge in [-0.1, -0.05) is 256 Å². The molecule has 3 atom stereocenters. The Hall–Kier alpha value is -1.28. The molecule has 0 rings (SSSR count). The smallest absolute Gasteiger partial charge is 0.268 e. The van der Waals surface area contributed by atoms with Gasteiger partial charge < -0.3 is 28.8 Å². The standard InChI is InChI=1S/C59H115N2O6P/c1-6-8-10-12-14-16-18-20-22-24-26-28-29-30-31-33-35-37-39-41-43-45-47-49-51-53-59(63)60-57(56-67-68(64,65)66-55-54-61(3,4)5)58(62)52-50-48-46-44-42-40-38-36-34-32-27-25-23-21-19-17-15-13-11-9-7-2/h30-31,42,44,50,52,57-58,62H,6-29,32-41,43,45-49,51,53-56H2,1-5H3,(H-,60,63,64,65)/b31-30-,44-42+,52-50+. The minimum absolute atomic E-state index is 0.00605. The van der Waals surface area contributed by atoms with Gasteiger partial charge in [-0.3, -0.25) is 9.36 Å². The number of nitrogens with one attached hydrogen (secondary N) is 1. The minimum atomic E-state index is -4.61. The predicted molar refractivity (Wildman–Crippen MR) is 293 cm³/mol. The van der Waals surface area contributed by atoms with Crippen LogP contribution in [-0.4, -0.2) is 68.5 Å². The Morgan fingerprint density at radius 3 is 1.19 bits per heavy atom. The third kappa shape index (κ3) is 52.5. The third-order valence-electron chi connectivity index (χ3n) is 13.3. The number of amides is 1. The molecule has 0 saturated heterocycles. The molecule has 0 fully saturated rings. The van der Waals surface area contributed by atoms with Crippen molar-refractivity contribution in [3.05, 3.63) is 36.5 Å². The van der Waals surface area contributed by atoms with Gasteiger partial charge >= 0.3 is 0 Å². The summed E-state index contributed by atoms with van der Waals surface area (Å²) in [7, 11) is 1.25. The van der Waals surface area contributed by atoms with Crippen LogP contribution in [-0.2, 0) is 18.4 Å². The molecule has 0 aliphatic carbocycles. The van der Waals surface area contributed by atoms with Crippen LogP contribution in [0.5, 0.6) is 0 Å². The molecule has 2 N–H and O–H groups in total. The molecule has 0 aromatic rings. The molecule has 0 radical (unpaired) electrons. The van der Waals surface area contributed by atoms with E-state index in [0.717, 1.165) is 38.5 Å². The number of phosphoric acid groups is 1. The van der Waals surface area contributed by atoms with Crippen molar-refractivity contribution in [2.24, 2.45) is 0 Å². The van der Waals surface area contributed by atoms with Crippen LogP contribution in [0.25, 0.3) is 0 Å². The molecule has 0 aromatic heterocycles. The average molecular weight is 980 g/mol. The van der Waals surface area contributed by atoms with E-state index >= 15 is 0 Å². The van der Waals surface area contributed by atoms with E-state index in [1.807, 2.05) is 27.2 Å². The van der Waals surface area contributed by atoms with Gasteiger partial charge in [-0.25, -0.2) is 0 Å². The zero-order chi connectivity index (χ0) is 49.9. The maximum absolute atomic E-state index is 13.0. The van der Waals surface area contributed by atoms with Crippen LogP contribution in [0, 0.1) is 0 Å². The first-order chi connectivity index (χ1) is 33.0. The summed E-state index contributed by atoms with van der Waals surface area (Å²) in [4.78, 5) is 25.5. The molecule has 0 aliphatic rings. The van der Waals surface area contributed by atoms with Crippen LogP contribution in [0.1, 0.15) is 284 Å². The third-order valence-corrected chi connectivity index (χ3v) is 14.3. The second-order valence-corrected chi connectivity index (χ2v) is 22.8. The molecule has 0 aliphatic heterocycles. The number of carbonyl (C=O) groups excluding carboxylic acids is 1. The van der Waals surface area contributed by atoms with E-state index in [1.165, 1.54) is 225 Å². The lowest BCUT2D eigenvalue weighted by Gasteiger charge is -2.29. The number of carbonyl (C=O) groups is 1. The van der Waals surface area contributed by atoms with Crippen molar-refractivity contribution in [1.29, 1.82) is 0 Å². The van der Waals surface area contributed by atoms with E-state index in [9.17, 15) is 19.4 Å². The summed E-state index contributed by atoms with van der Waals surface area (Å²) in [6.07, 6.45) is 65.1.